The summed E-state index contributed by atoms with van der Waals surface area (Å²) in [5.74, 6) is 1.02. The number of fused-ring (bicyclic) bond motifs is 1. The van der Waals surface area contributed by atoms with Gasteiger partial charge in [0.1, 0.15) is 16.7 Å². The highest BCUT2D eigenvalue weighted by molar-refractivity contribution is 7.91. The number of rotatable bonds is 6. The number of para-hydroxylation sites is 1. The second-order valence-electron chi connectivity index (χ2n) is 6.93. The molecule has 0 bridgehead atoms. The number of benzene rings is 1. The van der Waals surface area contributed by atoms with Gasteiger partial charge in [0.05, 0.1) is 0 Å². The molecule has 1 aromatic rings. The first kappa shape index (κ1) is 18.2. The molecule has 0 amide bonds. The fourth-order valence-electron chi connectivity index (χ4n) is 3.05. The van der Waals surface area contributed by atoms with E-state index in [-0.39, 0.29) is 17.4 Å². The predicted octanol–water partition coefficient (Wildman–Crippen LogP) is 2.20. The molecule has 130 valence electrons. The Morgan fingerprint density at radius 3 is 2.61 bits per heavy atom. The third-order valence-electron chi connectivity index (χ3n) is 4.31. The predicted molar refractivity (Wildman–Crippen MR) is 93.4 cm³/mol. The van der Waals surface area contributed by atoms with E-state index in [1.54, 1.807) is 25.9 Å². The zero-order valence-electron chi connectivity index (χ0n) is 14.7. The second-order valence-corrected chi connectivity index (χ2v) is 9.38. The van der Waals surface area contributed by atoms with Gasteiger partial charge in [0.25, 0.3) is 0 Å². The summed E-state index contributed by atoms with van der Waals surface area (Å²) in [6.07, 6.45) is 0.802. The van der Waals surface area contributed by atoms with Gasteiger partial charge in [0.2, 0.25) is 0 Å². The van der Waals surface area contributed by atoms with Crippen molar-refractivity contribution in [2.75, 3.05) is 26.4 Å². The van der Waals surface area contributed by atoms with E-state index in [0.717, 1.165) is 17.7 Å². The lowest BCUT2D eigenvalue weighted by Gasteiger charge is -2.38. The minimum atomic E-state index is -3.13. The van der Waals surface area contributed by atoms with E-state index >= 15 is 0 Å². The molecule has 0 spiro atoms. The minimum Gasteiger partial charge on any atom is -0.487 e. The maximum absolute atomic E-state index is 12.3. The highest BCUT2D eigenvalue weighted by Crippen LogP contribution is 2.39. The number of hydrogen-bond acceptors (Lipinski definition) is 5. The molecule has 1 heterocycles. The van der Waals surface area contributed by atoms with Crippen molar-refractivity contribution < 1.29 is 13.2 Å². The van der Waals surface area contributed by atoms with Crippen LogP contribution in [0.3, 0.4) is 0 Å². The van der Waals surface area contributed by atoms with Crippen molar-refractivity contribution in [1.82, 2.24) is 10.2 Å². The normalized spacial score (nSPS) is 21.6. The molecule has 2 atom stereocenters. The second kappa shape index (κ2) is 6.79. The van der Waals surface area contributed by atoms with Gasteiger partial charge in [0.15, 0.2) is 9.84 Å². The summed E-state index contributed by atoms with van der Waals surface area (Å²) in [5.41, 5.74) is 0.821. The average molecular weight is 340 g/mol. The summed E-state index contributed by atoms with van der Waals surface area (Å²) in [4.78, 5) is 1.77. The van der Waals surface area contributed by atoms with Crippen LogP contribution in [0.1, 0.15) is 38.8 Å². The van der Waals surface area contributed by atoms with Gasteiger partial charge < -0.3 is 10.1 Å². The molecule has 2 rings (SSSR count). The first-order valence-electron chi connectivity index (χ1n) is 8.05. The molecule has 6 heteroatoms. The number of hydrogen-bond donors (Lipinski definition) is 1. The van der Waals surface area contributed by atoms with Crippen molar-refractivity contribution in [2.45, 2.75) is 44.2 Å². The zero-order chi connectivity index (χ0) is 17.3. The number of nitrogens with one attached hydrogen (secondary N) is 1. The van der Waals surface area contributed by atoms with Crippen molar-refractivity contribution in [3.63, 3.8) is 0 Å². The van der Waals surface area contributed by atoms with Crippen molar-refractivity contribution in [1.29, 1.82) is 0 Å². The number of sulfone groups is 1. The fourth-order valence-corrected chi connectivity index (χ4v) is 4.43. The molecule has 0 saturated carbocycles. The highest BCUT2D eigenvalue weighted by Gasteiger charge is 2.34. The molecule has 5 nitrogen and oxygen atoms in total. The van der Waals surface area contributed by atoms with Gasteiger partial charge in [0, 0.05) is 30.3 Å². The standard InChI is InChI=1S/C17H28N2O3S/c1-6-23(20,21)16(19(4)5)12-18-14-11-17(2,3)22-15-10-8-7-9-13(14)15/h7-10,14,16,18H,6,11-12H2,1-5H3. The minimum absolute atomic E-state index is 0.0875. The van der Waals surface area contributed by atoms with E-state index in [1.165, 1.54) is 0 Å². The molecular weight excluding hydrogens is 312 g/mol. The first-order chi connectivity index (χ1) is 10.7. The summed E-state index contributed by atoms with van der Waals surface area (Å²) in [6, 6.07) is 8.05. The van der Waals surface area contributed by atoms with Gasteiger partial charge in [-0.25, -0.2) is 8.42 Å². The lowest BCUT2D eigenvalue weighted by molar-refractivity contribution is 0.0655. The summed E-state index contributed by atoms with van der Waals surface area (Å²) in [5, 5.41) is 2.93. The lowest BCUT2D eigenvalue weighted by Crippen LogP contribution is -2.47. The summed E-state index contributed by atoms with van der Waals surface area (Å²) in [6.45, 7) is 6.21. The van der Waals surface area contributed by atoms with E-state index < -0.39 is 15.2 Å². The summed E-state index contributed by atoms with van der Waals surface area (Å²) < 4.78 is 30.6. The maximum Gasteiger partial charge on any atom is 0.167 e. The van der Waals surface area contributed by atoms with Crippen LogP contribution in [0.15, 0.2) is 24.3 Å². The smallest absolute Gasteiger partial charge is 0.167 e. The molecule has 1 N–H and O–H groups in total. The van der Waals surface area contributed by atoms with Crippen LogP contribution in [0.25, 0.3) is 0 Å². The van der Waals surface area contributed by atoms with Crippen LogP contribution in [0.4, 0.5) is 0 Å². The molecular formula is C17H28N2O3S. The van der Waals surface area contributed by atoms with Crippen molar-refractivity contribution in [3.05, 3.63) is 29.8 Å². The number of ether oxygens (including phenoxy) is 1. The molecule has 0 fully saturated rings. The van der Waals surface area contributed by atoms with E-state index in [9.17, 15) is 8.42 Å². The Kier molecular flexibility index (Phi) is 5.38. The van der Waals surface area contributed by atoms with E-state index in [1.807, 2.05) is 24.3 Å². The summed E-state index contributed by atoms with van der Waals surface area (Å²) >= 11 is 0. The monoisotopic (exact) mass is 340 g/mol. The van der Waals surface area contributed by atoms with Crippen LogP contribution in [0.2, 0.25) is 0 Å². The van der Waals surface area contributed by atoms with E-state index in [4.69, 9.17) is 4.74 Å². The third-order valence-corrected chi connectivity index (χ3v) is 6.53. The SMILES string of the molecule is CCS(=O)(=O)C(CNC1CC(C)(C)Oc2ccccc21)N(C)C. The third kappa shape index (κ3) is 4.25. The van der Waals surface area contributed by atoms with Crippen LogP contribution in [0.5, 0.6) is 5.75 Å². The molecule has 0 radical (unpaired) electrons. The molecule has 23 heavy (non-hydrogen) atoms. The molecule has 1 aliphatic rings. The van der Waals surface area contributed by atoms with E-state index in [0.29, 0.717) is 6.54 Å². The Labute approximate surface area is 139 Å². The van der Waals surface area contributed by atoms with Crippen LogP contribution in [-0.4, -0.2) is 50.7 Å². The van der Waals surface area contributed by atoms with Gasteiger partial charge >= 0.3 is 0 Å². The Hall–Kier alpha value is -1.11. The number of nitrogens with zero attached hydrogens (tertiary/aromatic N) is 1. The van der Waals surface area contributed by atoms with E-state index in [2.05, 4.69) is 19.2 Å². The van der Waals surface area contributed by atoms with Crippen molar-refractivity contribution in [2.24, 2.45) is 0 Å². The zero-order valence-corrected chi connectivity index (χ0v) is 15.5. The Morgan fingerprint density at radius 1 is 1.35 bits per heavy atom. The van der Waals surface area contributed by atoms with Crippen LogP contribution in [-0.2, 0) is 9.84 Å². The van der Waals surface area contributed by atoms with Crippen LogP contribution in [0, 0.1) is 0 Å². The van der Waals surface area contributed by atoms with Crippen LogP contribution < -0.4 is 10.1 Å². The topological polar surface area (TPSA) is 58.6 Å². The van der Waals surface area contributed by atoms with Crippen molar-refractivity contribution in [3.8, 4) is 5.75 Å². The Balaban J connectivity index is 2.19. The maximum atomic E-state index is 12.3. The van der Waals surface area contributed by atoms with Gasteiger partial charge in [-0.3, -0.25) is 4.90 Å². The largest absolute Gasteiger partial charge is 0.487 e. The average Bonchev–Trinajstić information content (AvgIpc) is 2.45. The van der Waals surface area contributed by atoms with Gasteiger partial charge in [-0.1, -0.05) is 25.1 Å². The lowest BCUT2D eigenvalue weighted by atomic mass is 9.90. The van der Waals surface area contributed by atoms with Gasteiger partial charge in [-0.2, -0.15) is 0 Å². The van der Waals surface area contributed by atoms with Gasteiger partial charge in [-0.15, -0.1) is 0 Å². The fraction of sp³-hybridized carbons (Fsp3) is 0.647. The van der Waals surface area contributed by atoms with Crippen molar-refractivity contribution >= 4 is 9.84 Å². The summed E-state index contributed by atoms with van der Waals surface area (Å²) in [7, 11) is 0.480. The van der Waals surface area contributed by atoms with Gasteiger partial charge in [-0.05, 0) is 34.0 Å². The van der Waals surface area contributed by atoms with Crippen LogP contribution >= 0.6 is 0 Å². The molecule has 1 aliphatic heterocycles. The quantitative estimate of drug-likeness (QED) is 0.860. The number of likely N-dealkylation sites (N-methyl/N-ethyl adjacent to an activating group) is 1. The highest BCUT2D eigenvalue weighted by atomic mass is 32.2. The molecule has 0 aromatic heterocycles. The Morgan fingerprint density at radius 2 is 2.00 bits per heavy atom. The first-order valence-corrected chi connectivity index (χ1v) is 9.77. The molecule has 1 aromatic carbocycles. The molecule has 0 saturated heterocycles. The molecule has 2 unspecified atom stereocenters. The Bertz CT molecular complexity index is 641. The molecule has 0 aliphatic carbocycles.